The normalized spacial score (nSPS) is 16.3. The van der Waals surface area contributed by atoms with Crippen molar-refractivity contribution in [1.82, 2.24) is 14.9 Å². The summed E-state index contributed by atoms with van der Waals surface area (Å²) in [5.74, 6) is 3.19. The van der Waals surface area contributed by atoms with E-state index in [-0.39, 0.29) is 11.9 Å². The van der Waals surface area contributed by atoms with E-state index in [0.717, 1.165) is 49.7 Å². The molecule has 1 N–H and O–H groups in total. The van der Waals surface area contributed by atoms with E-state index in [1.54, 1.807) is 26.4 Å². The number of halogens is 2. The number of benzene rings is 2. The molecule has 1 fully saturated rings. The molecule has 0 saturated carbocycles. The summed E-state index contributed by atoms with van der Waals surface area (Å²) >= 11 is 6.27. The monoisotopic (exact) mass is 499 g/mol. The van der Waals surface area contributed by atoms with Crippen LogP contribution in [0.2, 0.25) is 5.02 Å². The van der Waals surface area contributed by atoms with Crippen LogP contribution in [0.15, 0.2) is 42.5 Å². The number of rotatable bonds is 8. The van der Waals surface area contributed by atoms with E-state index >= 15 is 0 Å². The van der Waals surface area contributed by atoms with E-state index < -0.39 is 0 Å². The summed E-state index contributed by atoms with van der Waals surface area (Å²) in [6, 6.07) is 12.3. The van der Waals surface area contributed by atoms with Gasteiger partial charge in [-0.3, -0.25) is 4.90 Å². The minimum atomic E-state index is -0.228. The Hall–Kier alpha value is -3.10. The Labute approximate surface area is 210 Å². The summed E-state index contributed by atoms with van der Waals surface area (Å²) in [6.07, 6.45) is 1.70. The van der Waals surface area contributed by atoms with Gasteiger partial charge >= 0.3 is 0 Å². The third kappa shape index (κ3) is 5.77. The maximum absolute atomic E-state index is 13.5. The summed E-state index contributed by atoms with van der Waals surface area (Å²) < 4.78 is 24.4. The van der Waals surface area contributed by atoms with Crippen LogP contribution in [0.3, 0.4) is 0 Å². The highest BCUT2D eigenvalue weighted by molar-refractivity contribution is 6.32. The van der Waals surface area contributed by atoms with Crippen molar-refractivity contribution in [1.29, 1.82) is 0 Å². The maximum atomic E-state index is 13.5. The zero-order valence-corrected chi connectivity index (χ0v) is 21.3. The van der Waals surface area contributed by atoms with Gasteiger partial charge in [-0.25, -0.2) is 14.4 Å². The van der Waals surface area contributed by atoms with Gasteiger partial charge in [0.05, 0.1) is 31.0 Å². The number of likely N-dealkylation sites (N-methyl/N-ethyl adjacent to an activating group) is 1. The van der Waals surface area contributed by atoms with Gasteiger partial charge in [-0.2, -0.15) is 0 Å². The Balaban J connectivity index is 1.65. The highest BCUT2D eigenvalue weighted by Crippen LogP contribution is 2.37. The number of aryl methyl sites for hydroxylation is 1. The molecule has 7 nitrogen and oxygen atoms in total. The molecule has 186 valence electrons. The van der Waals surface area contributed by atoms with Crippen molar-refractivity contribution >= 4 is 28.9 Å². The van der Waals surface area contributed by atoms with E-state index in [4.69, 9.17) is 31.0 Å². The number of methoxy groups -OCH3 is 2. The molecule has 1 unspecified atom stereocenters. The molecule has 1 aromatic heterocycles. The predicted molar refractivity (Wildman–Crippen MR) is 138 cm³/mol. The van der Waals surface area contributed by atoms with Gasteiger partial charge in [-0.15, -0.1) is 0 Å². The second-order valence-corrected chi connectivity index (χ2v) is 8.99. The van der Waals surface area contributed by atoms with Crippen LogP contribution in [-0.2, 0) is 6.42 Å². The quantitative estimate of drug-likeness (QED) is 0.440. The van der Waals surface area contributed by atoms with Gasteiger partial charge in [0, 0.05) is 44.3 Å². The van der Waals surface area contributed by atoms with E-state index in [1.165, 1.54) is 12.1 Å². The fraction of sp³-hybridized carbons (Fsp3) is 0.385. The van der Waals surface area contributed by atoms with Gasteiger partial charge in [0.15, 0.2) is 0 Å². The van der Waals surface area contributed by atoms with Gasteiger partial charge in [0.25, 0.3) is 0 Å². The summed E-state index contributed by atoms with van der Waals surface area (Å²) in [4.78, 5) is 14.2. The molecule has 0 spiro atoms. The average molecular weight is 500 g/mol. The lowest BCUT2D eigenvalue weighted by atomic mass is 10.0. The average Bonchev–Trinajstić information content (AvgIpc) is 2.86. The molecule has 1 aliphatic heterocycles. The SMILES string of the molecule is CCCc1nc(Nc2cc(OC)c(Cl)cc2OC)cc(N2CCN(C)C(c3ccc(F)cc3)C2)n1. The summed E-state index contributed by atoms with van der Waals surface area (Å²) in [5, 5.41) is 3.83. The molecule has 0 amide bonds. The standard InChI is InChI=1S/C26H31ClFN5O2/c1-5-6-24-30-25(29-20-14-22(34-3)19(27)13-23(20)35-4)15-26(31-24)33-12-11-32(2)21(16-33)17-7-9-18(28)10-8-17/h7-10,13-15,21H,5-6,11-12,16H2,1-4H3,(H,29,30,31). The van der Waals surface area contributed by atoms with Crippen LogP contribution < -0.4 is 19.7 Å². The Morgan fingerprint density at radius 1 is 1.06 bits per heavy atom. The lowest BCUT2D eigenvalue weighted by Crippen LogP contribution is -2.47. The minimum Gasteiger partial charge on any atom is -0.495 e. The smallest absolute Gasteiger partial charge is 0.144 e. The lowest BCUT2D eigenvalue weighted by Gasteiger charge is -2.40. The van der Waals surface area contributed by atoms with Crippen LogP contribution in [0.5, 0.6) is 11.5 Å². The molecule has 0 aliphatic carbocycles. The largest absolute Gasteiger partial charge is 0.495 e. The molecular formula is C26H31ClFN5O2. The van der Waals surface area contributed by atoms with E-state index in [1.807, 2.05) is 18.2 Å². The van der Waals surface area contributed by atoms with Crippen molar-refractivity contribution in [2.75, 3.05) is 51.1 Å². The first kappa shape index (κ1) is 25.0. The van der Waals surface area contributed by atoms with Gasteiger partial charge < -0.3 is 19.7 Å². The first-order chi connectivity index (χ1) is 16.9. The Kier molecular flexibility index (Phi) is 7.93. The third-order valence-corrected chi connectivity index (χ3v) is 6.49. The van der Waals surface area contributed by atoms with Crippen molar-refractivity contribution in [2.45, 2.75) is 25.8 Å². The topological polar surface area (TPSA) is 62.8 Å². The van der Waals surface area contributed by atoms with Crippen LogP contribution in [0, 0.1) is 5.82 Å². The first-order valence-corrected chi connectivity index (χ1v) is 12.1. The van der Waals surface area contributed by atoms with Crippen molar-refractivity contribution in [3.63, 3.8) is 0 Å². The van der Waals surface area contributed by atoms with Crippen LogP contribution >= 0.6 is 11.6 Å². The molecule has 2 aromatic carbocycles. The lowest BCUT2D eigenvalue weighted by molar-refractivity contribution is 0.220. The molecular weight excluding hydrogens is 469 g/mol. The van der Waals surface area contributed by atoms with Gasteiger partial charge in [-0.1, -0.05) is 30.7 Å². The number of hydrogen-bond donors (Lipinski definition) is 1. The van der Waals surface area contributed by atoms with E-state index in [2.05, 4.69) is 29.1 Å². The van der Waals surface area contributed by atoms with E-state index in [0.29, 0.717) is 28.0 Å². The number of hydrogen-bond acceptors (Lipinski definition) is 7. The number of piperazine rings is 1. The van der Waals surface area contributed by atoms with Gasteiger partial charge in [0.1, 0.15) is 34.8 Å². The molecule has 1 atom stereocenters. The highest BCUT2D eigenvalue weighted by atomic mass is 35.5. The minimum absolute atomic E-state index is 0.131. The zero-order valence-electron chi connectivity index (χ0n) is 20.5. The number of nitrogens with zero attached hydrogens (tertiary/aromatic N) is 4. The van der Waals surface area contributed by atoms with Crippen molar-refractivity contribution in [3.8, 4) is 11.5 Å². The zero-order chi connectivity index (χ0) is 24.9. The molecule has 35 heavy (non-hydrogen) atoms. The second kappa shape index (κ2) is 11.1. The molecule has 3 aromatic rings. The fourth-order valence-electron chi connectivity index (χ4n) is 4.27. The Bertz CT molecular complexity index is 1160. The molecule has 0 radical (unpaired) electrons. The molecule has 0 bridgehead atoms. The van der Waals surface area contributed by atoms with E-state index in [9.17, 15) is 4.39 Å². The van der Waals surface area contributed by atoms with Crippen molar-refractivity contribution < 1.29 is 13.9 Å². The number of nitrogens with one attached hydrogen (secondary N) is 1. The van der Waals surface area contributed by atoms with Crippen LogP contribution in [0.4, 0.5) is 21.7 Å². The first-order valence-electron chi connectivity index (χ1n) is 11.7. The van der Waals surface area contributed by atoms with Crippen LogP contribution in [0.25, 0.3) is 0 Å². The molecule has 1 aliphatic rings. The fourth-order valence-corrected chi connectivity index (χ4v) is 4.50. The van der Waals surface area contributed by atoms with Crippen molar-refractivity contribution in [2.24, 2.45) is 0 Å². The summed E-state index contributed by atoms with van der Waals surface area (Å²) in [6.45, 7) is 4.54. The third-order valence-electron chi connectivity index (χ3n) is 6.20. The van der Waals surface area contributed by atoms with Crippen molar-refractivity contribution in [3.05, 3.63) is 64.7 Å². The number of ether oxygens (including phenoxy) is 2. The van der Waals surface area contributed by atoms with Gasteiger partial charge in [0.2, 0.25) is 0 Å². The molecule has 2 heterocycles. The number of aromatic nitrogens is 2. The van der Waals surface area contributed by atoms with Crippen LogP contribution in [-0.4, -0.2) is 55.8 Å². The Morgan fingerprint density at radius 3 is 2.49 bits per heavy atom. The maximum Gasteiger partial charge on any atom is 0.144 e. The highest BCUT2D eigenvalue weighted by Gasteiger charge is 2.27. The summed E-state index contributed by atoms with van der Waals surface area (Å²) in [5.41, 5.74) is 1.78. The summed E-state index contributed by atoms with van der Waals surface area (Å²) in [7, 11) is 5.27. The predicted octanol–water partition coefficient (Wildman–Crippen LogP) is 5.48. The number of anilines is 3. The van der Waals surface area contributed by atoms with Crippen LogP contribution in [0.1, 0.15) is 30.8 Å². The molecule has 4 rings (SSSR count). The van der Waals surface area contributed by atoms with Gasteiger partial charge in [-0.05, 0) is 31.2 Å². The molecule has 9 heteroatoms. The Morgan fingerprint density at radius 2 is 1.80 bits per heavy atom. The molecule has 1 saturated heterocycles. The second-order valence-electron chi connectivity index (χ2n) is 8.58.